The van der Waals surface area contributed by atoms with Gasteiger partial charge in [-0.3, -0.25) is 0 Å². The second kappa shape index (κ2) is 3.97. The molecular formula is C16H22N2O. The average molecular weight is 258 g/mol. The molecule has 0 spiro atoms. The fourth-order valence-electron chi connectivity index (χ4n) is 4.81. The summed E-state index contributed by atoms with van der Waals surface area (Å²) >= 11 is 0. The number of likely N-dealkylation sites (N-methyl/N-ethyl adjacent to an activating group) is 1. The molecule has 2 bridgehead atoms. The predicted molar refractivity (Wildman–Crippen MR) is 75.5 cm³/mol. The van der Waals surface area contributed by atoms with E-state index in [1.807, 2.05) is 6.07 Å². The van der Waals surface area contributed by atoms with E-state index in [1.165, 1.54) is 30.5 Å². The molecule has 2 aliphatic heterocycles. The maximum absolute atomic E-state index is 9.90. The van der Waals surface area contributed by atoms with Crippen LogP contribution in [-0.2, 0) is 11.8 Å². The number of hydrogen-bond donors (Lipinski definition) is 2. The number of likely N-dealkylation sites (tertiary alicyclic amines) is 1. The van der Waals surface area contributed by atoms with Gasteiger partial charge in [-0.1, -0.05) is 6.07 Å². The van der Waals surface area contributed by atoms with Crippen molar-refractivity contribution in [1.29, 1.82) is 0 Å². The lowest BCUT2D eigenvalue weighted by Gasteiger charge is -2.58. The molecule has 3 heteroatoms. The summed E-state index contributed by atoms with van der Waals surface area (Å²) in [5.74, 6) is 1.14. The van der Waals surface area contributed by atoms with Gasteiger partial charge in [0, 0.05) is 18.0 Å². The zero-order valence-corrected chi connectivity index (χ0v) is 11.5. The number of aromatic hydroxyl groups is 1. The lowest BCUT2D eigenvalue weighted by Crippen LogP contribution is -2.64. The average Bonchev–Trinajstić information content (AvgIpc) is 2.43. The van der Waals surface area contributed by atoms with Crippen LogP contribution in [0.2, 0.25) is 0 Å². The van der Waals surface area contributed by atoms with E-state index in [2.05, 4.69) is 29.4 Å². The molecule has 3 aliphatic rings. The van der Waals surface area contributed by atoms with E-state index in [4.69, 9.17) is 0 Å². The molecule has 2 fully saturated rings. The Kier molecular flexibility index (Phi) is 2.45. The minimum Gasteiger partial charge on any atom is -0.508 e. The SMILES string of the molecule is CN1CC[C@]23CCNC[C@H]2[C@H]1Cc1ccc(O)cc13. The highest BCUT2D eigenvalue weighted by molar-refractivity contribution is 5.45. The van der Waals surface area contributed by atoms with Gasteiger partial charge in [0.05, 0.1) is 0 Å². The van der Waals surface area contributed by atoms with E-state index in [0.717, 1.165) is 19.5 Å². The molecule has 2 saturated heterocycles. The van der Waals surface area contributed by atoms with Gasteiger partial charge in [-0.25, -0.2) is 0 Å². The number of hydrogen-bond acceptors (Lipinski definition) is 3. The van der Waals surface area contributed by atoms with Crippen molar-refractivity contribution in [3.8, 4) is 5.75 Å². The molecule has 0 radical (unpaired) electrons. The Morgan fingerprint density at radius 3 is 3.16 bits per heavy atom. The molecule has 0 aromatic heterocycles. The Labute approximate surface area is 114 Å². The van der Waals surface area contributed by atoms with Gasteiger partial charge in [-0.15, -0.1) is 0 Å². The fraction of sp³-hybridized carbons (Fsp3) is 0.625. The smallest absolute Gasteiger partial charge is 0.115 e. The molecule has 0 unspecified atom stereocenters. The fourth-order valence-corrected chi connectivity index (χ4v) is 4.81. The highest BCUT2D eigenvalue weighted by Gasteiger charge is 2.53. The molecule has 1 aromatic carbocycles. The lowest BCUT2D eigenvalue weighted by molar-refractivity contribution is 0.0114. The van der Waals surface area contributed by atoms with Crippen LogP contribution in [0.15, 0.2) is 18.2 Å². The summed E-state index contributed by atoms with van der Waals surface area (Å²) in [5.41, 5.74) is 3.23. The minimum absolute atomic E-state index is 0.314. The normalized spacial score (nSPS) is 37.5. The van der Waals surface area contributed by atoms with Crippen molar-refractivity contribution in [2.24, 2.45) is 5.92 Å². The van der Waals surface area contributed by atoms with Gasteiger partial charge in [0.15, 0.2) is 0 Å². The van der Waals surface area contributed by atoms with Crippen LogP contribution in [-0.4, -0.2) is 42.7 Å². The molecule has 0 saturated carbocycles. The number of phenolic OH excluding ortho intramolecular Hbond substituents is 1. The standard InChI is InChI=1S/C16H22N2O/c1-18-7-5-16-4-6-17-10-14(16)15(18)8-11-2-3-12(19)9-13(11)16/h2-3,9,14-15,17,19H,4-8,10H2,1H3/t14-,15+,16-/m0/s1. The molecule has 3 atom stereocenters. The first-order chi connectivity index (χ1) is 9.21. The summed E-state index contributed by atoms with van der Waals surface area (Å²) < 4.78 is 0. The van der Waals surface area contributed by atoms with Gasteiger partial charge in [0.1, 0.15) is 5.75 Å². The monoisotopic (exact) mass is 258 g/mol. The van der Waals surface area contributed by atoms with Crippen molar-refractivity contribution < 1.29 is 5.11 Å². The third-order valence-corrected chi connectivity index (χ3v) is 5.82. The second-order valence-electron chi connectivity index (χ2n) is 6.56. The molecule has 3 nitrogen and oxygen atoms in total. The van der Waals surface area contributed by atoms with Crippen LogP contribution in [0.4, 0.5) is 0 Å². The Balaban J connectivity index is 1.90. The van der Waals surface area contributed by atoms with Gasteiger partial charge in [0.2, 0.25) is 0 Å². The summed E-state index contributed by atoms with van der Waals surface area (Å²) in [7, 11) is 2.27. The quantitative estimate of drug-likeness (QED) is 0.740. The summed E-state index contributed by atoms with van der Waals surface area (Å²) in [6.45, 7) is 3.43. The van der Waals surface area contributed by atoms with E-state index < -0.39 is 0 Å². The van der Waals surface area contributed by atoms with Gasteiger partial charge in [-0.05, 0) is 68.6 Å². The van der Waals surface area contributed by atoms with Gasteiger partial charge in [-0.2, -0.15) is 0 Å². The predicted octanol–water partition coefficient (Wildman–Crippen LogP) is 1.50. The van der Waals surface area contributed by atoms with Crippen LogP contribution < -0.4 is 5.32 Å². The van der Waals surface area contributed by atoms with Crippen molar-refractivity contribution in [2.75, 3.05) is 26.7 Å². The summed E-state index contributed by atoms with van der Waals surface area (Å²) in [6, 6.07) is 6.72. The minimum atomic E-state index is 0.314. The van der Waals surface area contributed by atoms with Gasteiger partial charge < -0.3 is 15.3 Å². The number of nitrogens with one attached hydrogen (secondary N) is 1. The van der Waals surface area contributed by atoms with Gasteiger partial charge >= 0.3 is 0 Å². The van der Waals surface area contributed by atoms with Crippen LogP contribution in [0, 0.1) is 5.92 Å². The molecule has 1 aromatic rings. The Bertz CT molecular complexity index is 515. The number of piperidine rings is 2. The van der Waals surface area contributed by atoms with Crippen LogP contribution in [0.3, 0.4) is 0 Å². The Hall–Kier alpha value is -1.06. The Morgan fingerprint density at radius 1 is 1.37 bits per heavy atom. The summed E-state index contributed by atoms with van der Waals surface area (Å²) in [6.07, 6.45) is 3.60. The van der Waals surface area contributed by atoms with Crippen LogP contribution in [0.1, 0.15) is 24.0 Å². The van der Waals surface area contributed by atoms with Crippen LogP contribution in [0.5, 0.6) is 5.75 Å². The summed E-state index contributed by atoms with van der Waals surface area (Å²) in [4.78, 5) is 2.55. The third kappa shape index (κ3) is 1.52. The lowest BCUT2D eigenvalue weighted by atomic mass is 9.55. The first-order valence-corrected chi connectivity index (χ1v) is 7.44. The maximum atomic E-state index is 9.90. The Morgan fingerprint density at radius 2 is 2.26 bits per heavy atom. The van der Waals surface area contributed by atoms with Crippen molar-refractivity contribution in [3.05, 3.63) is 29.3 Å². The van der Waals surface area contributed by atoms with Gasteiger partial charge in [0.25, 0.3) is 0 Å². The van der Waals surface area contributed by atoms with E-state index in [9.17, 15) is 5.11 Å². The molecule has 0 amide bonds. The molecule has 2 N–H and O–H groups in total. The zero-order valence-electron chi connectivity index (χ0n) is 11.5. The highest BCUT2D eigenvalue weighted by Crippen LogP contribution is 2.52. The van der Waals surface area contributed by atoms with Crippen molar-refractivity contribution in [2.45, 2.75) is 30.7 Å². The molecule has 102 valence electrons. The van der Waals surface area contributed by atoms with Crippen molar-refractivity contribution >= 4 is 0 Å². The number of phenols is 1. The summed E-state index contributed by atoms with van der Waals surface area (Å²) in [5, 5.41) is 13.5. The number of rotatable bonds is 0. The largest absolute Gasteiger partial charge is 0.508 e. The topological polar surface area (TPSA) is 35.5 Å². The third-order valence-electron chi connectivity index (χ3n) is 5.82. The first kappa shape index (κ1) is 11.7. The van der Waals surface area contributed by atoms with Crippen molar-refractivity contribution in [1.82, 2.24) is 10.2 Å². The molecule has 2 heterocycles. The molecule has 4 rings (SSSR count). The van der Waals surface area contributed by atoms with E-state index in [1.54, 1.807) is 0 Å². The highest BCUT2D eigenvalue weighted by atomic mass is 16.3. The molecule has 19 heavy (non-hydrogen) atoms. The molecule has 1 aliphatic carbocycles. The number of benzene rings is 1. The zero-order chi connectivity index (χ0) is 13.0. The van der Waals surface area contributed by atoms with E-state index >= 15 is 0 Å². The number of nitrogens with zero attached hydrogens (tertiary/aromatic N) is 1. The van der Waals surface area contributed by atoms with E-state index in [-0.39, 0.29) is 0 Å². The van der Waals surface area contributed by atoms with Crippen molar-refractivity contribution in [3.63, 3.8) is 0 Å². The van der Waals surface area contributed by atoms with Crippen LogP contribution >= 0.6 is 0 Å². The maximum Gasteiger partial charge on any atom is 0.115 e. The van der Waals surface area contributed by atoms with Crippen LogP contribution in [0.25, 0.3) is 0 Å². The van der Waals surface area contributed by atoms with E-state index in [0.29, 0.717) is 23.1 Å². The first-order valence-electron chi connectivity index (χ1n) is 7.44. The number of fused-ring (bicyclic) bond motifs is 1. The molecular weight excluding hydrogens is 236 g/mol. The second-order valence-corrected chi connectivity index (χ2v) is 6.56.